The van der Waals surface area contributed by atoms with E-state index < -0.39 is 0 Å². The first-order valence-electron chi connectivity index (χ1n) is 4.85. The van der Waals surface area contributed by atoms with Gasteiger partial charge in [0.25, 0.3) is 0 Å². The molecule has 0 aromatic carbocycles. The summed E-state index contributed by atoms with van der Waals surface area (Å²) < 4.78 is 5.24. The van der Waals surface area contributed by atoms with Crippen molar-refractivity contribution in [3.05, 3.63) is 0 Å². The van der Waals surface area contributed by atoms with E-state index in [-0.39, 0.29) is 11.9 Å². The second-order valence-electron chi connectivity index (χ2n) is 3.17. The van der Waals surface area contributed by atoms with E-state index in [0.717, 1.165) is 13.1 Å². The van der Waals surface area contributed by atoms with E-state index >= 15 is 0 Å². The molecular formula is C7H14N8O. The molecule has 0 spiro atoms. The summed E-state index contributed by atoms with van der Waals surface area (Å²) in [6.07, 6.45) is 0. The Balaban J connectivity index is 2.24. The molecule has 9 heteroatoms. The minimum atomic E-state index is 0.268. The van der Waals surface area contributed by atoms with Crippen molar-refractivity contribution in [2.24, 2.45) is 11.7 Å². The molecule has 2 rings (SSSR count). The average molecular weight is 226 g/mol. The van der Waals surface area contributed by atoms with Crippen LogP contribution in [-0.2, 0) is 4.74 Å². The van der Waals surface area contributed by atoms with Crippen LogP contribution < -0.4 is 27.4 Å². The molecule has 0 amide bonds. The van der Waals surface area contributed by atoms with Gasteiger partial charge in [0.1, 0.15) is 0 Å². The number of nitrogens with one attached hydrogen (secondary N) is 2. The van der Waals surface area contributed by atoms with Crippen LogP contribution in [0.25, 0.3) is 0 Å². The summed E-state index contributed by atoms with van der Waals surface area (Å²) in [6, 6.07) is 0. The minimum Gasteiger partial charge on any atom is -0.378 e. The molecule has 0 unspecified atom stereocenters. The molecule has 1 aliphatic rings. The van der Waals surface area contributed by atoms with Crippen LogP contribution >= 0.6 is 0 Å². The highest BCUT2D eigenvalue weighted by Crippen LogP contribution is 2.13. The van der Waals surface area contributed by atoms with Crippen molar-refractivity contribution in [2.45, 2.75) is 0 Å². The van der Waals surface area contributed by atoms with Crippen LogP contribution in [0.5, 0.6) is 0 Å². The molecule has 1 saturated heterocycles. The summed E-state index contributed by atoms with van der Waals surface area (Å²) >= 11 is 0. The number of ether oxygens (including phenoxy) is 1. The van der Waals surface area contributed by atoms with Crippen molar-refractivity contribution in [1.29, 1.82) is 0 Å². The summed E-state index contributed by atoms with van der Waals surface area (Å²) in [5, 5.41) is 0. The normalized spacial score (nSPS) is 16.0. The third-order valence-electron chi connectivity index (χ3n) is 2.18. The number of nitrogen functional groups attached to an aromatic ring is 2. The second-order valence-corrected chi connectivity index (χ2v) is 3.17. The van der Waals surface area contributed by atoms with Crippen molar-refractivity contribution in [1.82, 2.24) is 15.0 Å². The number of morpholine rings is 1. The number of hydrogen-bond acceptors (Lipinski definition) is 9. The van der Waals surface area contributed by atoms with Crippen LogP contribution in [-0.4, -0.2) is 41.3 Å². The molecule has 0 aliphatic carbocycles. The van der Waals surface area contributed by atoms with E-state index in [1.807, 2.05) is 4.90 Å². The second kappa shape index (κ2) is 4.88. The third-order valence-corrected chi connectivity index (χ3v) is 2.18. The summed E-state index contributed by atoms with van der Waals surface area (Å²) in [6.45, 7) is 2.78. The number of anilines is 3. The first kappa shape index (κ1) is 10.8. The molecule has 1 fully saturated rings. The minimum absolute atomic E-state index is 0.268. The van der Waals surface area contributed by atoms with Gasteiger partial charge in [0, 0.05) is 13.1 Å². The quantitative estimate of drug-likeness (QED) is 0.351. The molecule has 1 aromatic rings. The van der Waals surface area contributed by atoms with E-state index in [4.69, 9.17) is 16.4 Å². The van der Waals surface area contributed by atoms with E-state index in [1.54, 1.807) is 0 Å². The van der Waals surface area contributed by atoms with Crippen molar-refractivity contribution in [3.8, 4) is 0 Å². The van der Waals surface area contributed by atoms with Gasteiger partial charge in [-0.25, -0.2) is 11.7 Å². The largest absolute Gasteiger partial charge is 0.378 e. The summed E-state index contributed by atoms with van der Waals surface area (Å²) in [5.74, 6) is 11.6. The number of nitrogens with two attached hydrogens (primary N) is 2. The Bertz CT molecular complexity index is 330. The lowest BCUT2D eigenvalue weighted by Gasteiger charge is -2.26. The fraction of sp³-hybridized carbons (Fsp3) is 0.571. The highest BCUT2D eigenvalue weighted by Gasteiger charge is 2.15. The molecule has 6 N–H and O–H groups in total. The lowest BCUT2D eigenvalue weighted by Crippen LogP contribution is -2.37. The molecule has 0 bridgehead atoms. The van der Waals surface area contributed by atoms with Gasteiger partial charge < -0.3 is 9.64 Å². The molecule has 0 saturated carbocycles. The molecule has 9 nitrogen and oxygen atoms in total. The van der Waals surface area contributed by atoms with Gasteiger partial charge in [-0.1, -0.05) is 0 Å². The van der Waals surface area contributed by atoms with Crippen molar-refractivity contribution >= 4 is 17.8 Å². The highest BCUT2D eigenvalue weighted by atomic mass is 16.5. The zero-order chi connectivity index (χ0) is 11.4. The topological polar surface area (TPSA) is 127 Å². The van der Waals surface area contributed by atoms with Crippen LogP contribution in [0.1, 0.15) is 0 Å². The van der Waals surface area contributed by atoms with Crippen LogP contribution in [0.4, 0.5) is 17.8 Å². The van der Waals surface area contributed by atoms with Crippen LogP contribution in [0, 0.1) is 0 Å². The van der Waals surface area contributed by atoms with E-state index in [2.05, 4.69) is 25.8 Å². The fourth-order valence-corrected chi connectivity index (χ4v) is 1.40. The monoisotopic (exact) mass is 226 g/mol. The molecule has 16 heavy (non-hydrogen) atoms. The maximum atomic E-state index is 5.26. The fourth-order valence-electron chi connectivity index (χ4n) is 1.40. The summed E-state index contributed by atoms with van der Waals surface area (Å²) in [4.78, 5) is 14.2. The lowest BCUT2D eigenvalue weighted by atomic mass is 10.4. The maximum Gasteiger partial charge on any atom is 0.243 e. The number of rotatable bonds is 3. The van der Waals surface area contributed by atoms with Gasteiger partial charge in [0.15, 0.2) is 0 Å². The number of aromatic nitrogens is 3. The molecule has 0 atom stereocenters. The van der Waals surface area contributed by atoms with Gasteiger partial charge in [0.2, 0.25) is 17.8 Å². The maximum absolute atomic E-state index is 5.26. The standard InChI is InChI=1S/C7H14N8O/c8-13-5-10-6(14-9)12-7(11-5)15-1-3-16-4-2-15/h1-4,8-9H2,(H2,10,11,12,13,14). The number of hydrazine groups is 2. The molecule has 2 heterocycles. The van der Waals surface area contributed by atoms with Gasteiger partial charge in [-0.05, 0) is 0 Å². The molecule has 1 aromatic heterocycles. The first-order valence-corrected chi connectivity index (χ1v) is 4.85. The van der Waals surface area contributed by atoms with Crippen LogP contribution in [0.2, 0.25) is 0 Å². The molecule has 0 radical (unpaired) electrons. The zero-order valence-corrected chi connectivity index (χ0v) is 8.68. The van der Waals surface area contributed by atoms with Gasteiger partial charge in [-0.3, -0.25) is 10.9 Å². The van der Waals surface area contributed by atoms with Crippen molar-refractivity contribution in [2.75, 3.05) is 42.1 Å². The van der Waals surface area contributed by atoms with E-state index in [9.17, 15) is 0 Å². The Labute approximate surface area is 92.1 Å². The molecule has 1 aliphatic heterocycles. The lowest BCUT2D eigenvalue weighted by molar-refractivity contribution is 0.122. The Morgan fingerprint density at radius 2 is 1.56 bits per heavy atom. The first-order chi connectivity index (χ1) is 7.83. The Hall–Kier alpha value is -1.71. The van der Waals surface area contributed by atoms with Gasteiger partial charge >= 0.3 is 0 Å². The third kappa shape index (κ3) is 2.27. The van der Waals surface area contributed by atoms with Crippen LogP contribution in [0.3, 0.4) is 0 Å². The van der Waals surface area contributed by atoms with E-state index in [1.165, 1.54) is 0 Å². The molecule has 88 valence electrons. The SMILES string of the molecule is NNc1nc(NN)nc(N2CCOCC2)n1. The van der Waals surface area contributed by atoms with E-state index in [0.29, 0.717) is 19.2 Å². The number of nitrogens with zero attached hydrogens (tertiary/aromatic N) is 4. The van der Waals surface area contributed by atoms with Gasteiger partial charge in [-0.15, -0.1) is 0 Å². The number of hydrogen-bond donors (Lipinski definition) is 4. The smallest absolute Gasteiger partial charge is 0.243 e. The predicted molar refractivity (Wildman–Crippen MR) is 58.5 cm³/mol. The van der Waals surface area contributed by atoms with Crippen molar-refractivity contribution in [3.63, 3.8) is 0 Å². The van der Waals surface area contributed by atoms with Crippen LogP contribution in [0.15, 0.2) is 0 Å². The van der Waals surface area contributed by atoms with Crippen molar-refractivity contribution < 1.29 is 4.74 Å². The van der Waals surface area contributed by atoms with Gasteiger partial charge in [-0.2, -0.15) is 15.0 Å². The summed E-state index contributed by atoms with van der Waals surface area (Å²) in [7, 11) is 0. The Morgan fingerprint density at radius 1 is 1.00 bits per heavy atom. The highest BCUT2D eigenvalue weighted by molar-refractivity contribution is 5.42. The molecular weight excluding hydrogens is 212 g/mol. The predicted octanol–water partition coefficient (Wildman–Crippen LogP) is -1.72. The zero-order valence-electron chi connectivity index (χ0n) is 8.68. The average Bonchev–Trinajstić information content (AvgIpc) is 2.39. The Kier molecular flexibility index (Phi) is 3.29. The van der Waals surface area contributed by atoms with Gasteiger partial charge in [0.05, 0.1) is 13.2 Å². The summed E-state index contributed by atoms with van der Waals surface area (Å²) in [5.41, 5.74) is 4.73. The Morgan fingerprint density at radius 3 is 2.06 bits per heavy atom.